The van der Waals surface area contributed by atoms with E-state index in [0.29, 0.717) is 17.8 Å². The number of hydrogen-bond acceptors (Lipinski definition) is 6. The number of carbonyl (C=O) groups excluding carboxylic acids is 2. The first-order valence-electron chi connectivity index (χ1n) is 10.3. The van der Waals surface area contributed by atoms with Crippen molar-refractivity contribution in [2.45, 2.75) is 13.3 Å². The molecule has 0 unspecified atom stereocenters. The first kappa shape index (κ1) is 22.2. The zero-order valence-electron chi connectivity index (χ0n) is 17.5. The lowest BCUT2D eigenvalue weighted by Gasteiger charge is -2.36. The number of benzene rings is 2. The summed E-state index contributed by atoms with van der Waals surface area (Å²) in [6.45, 7) is 6.75. The van der Waals surface area contributed by atoms with Crippen molar-refractivity contribution in [3.63, 3.8) is 0 Å². The molecule has 0 saturated carbocycles. The molecule has 0 bridgehead atoms. The molecule has 0 spiro atoms. The Balaban J connectivity index is 1.35. The second-order valence-electron chi connectivity index (χ2n) is 7.48. The van der Waals surface area contributed by atoms with Crippen LogP contribution in [0, 0.1) is 17.0 Å². The third-order valence-corrected chi connectivity index (χ3v) is 5.31. The van der Waals surface area contributed by atoms with Gasteiger partial charge in [-0.25, -0.2) is 0 Å². The predicted octanol–water partition coefficient (Wildman–Crippen LogP) is 2.17. The standard InChI is InChI=1S/C22H27N5O4/c1-17-16-19(27(30)31)8-9-20(17)24-22(29)21(28)23-10-5-11-25-12-14-26(15-13-25)18-6-3-2-4-7-18/h2-4,6-9,16H,5,10-15H2,1H3,(H,23,28)(H,24,29). The van der Waals surface area contributed by atoms with Gasteiger partial charge < -0.3 is 15.5 Å². The number of amides is 2. The van der Waals surface area contributed by atoms with Crippen LogP contribution in [0.5, 0.6) is 0 Å². The second-order valence-corrected chi connectivity index (χ2v) is 7.48. The van der Waals surface area contributed by atoms with Gasteiger partial charge in [-0.3, -0.25) is 24.6 Å². The summed E-state index contributed by atoms with van der Waals surface area (Å²) in [4.78, 5) is 39.1. The molecule has 0 aromatic heterocycles. The largest absolute Gasteiger partial charge is 0.369 e. The van der Waals surface area contributed by atoms with Crippen LogP contribution >= 0.6 is 0 Å². The van der Waals surface area contributed by atoms with Crippen LogP contribution < -0.4 is 15.5 Å². The Morgan fingerprint density at radius 3 is 2.39 bits per heavy atom. The van der Waals surface area contributed by atoms with Gasteiger partial charge in [-0.1, -0.05) is 18.2 Å². The average Bonchev–Trinajstić information content (AvgIpc) is 2.78. The molecule has 2 N–H and O–H groups in total. The summed E-state index contributed by atoms with van der Waals surface area (Å²) in [5.74, 6) is -1.50. The highest BCUT2D eigenvalue weighted by Crippen LogP contribution is 2.21. The number of para-hydroxylation sites is 1. The monoisotopic (exact) mass is 425 g/mol. The van der Waals surface area contributed by atoms with Crippen LogP contribution in [-0.2, 0) is 9.59 Å². The Morgan fingerprint density at radius 2 is 1.74 bits per heavy atom. The van der Waals surface area contributed by atoms with Gasteiger partial charge in [0.1, 0.15) is 0 Å². The van der Waals surface area contributed by atoms with E-state index in [0.717, 1.165) is 39.1 Å². The summed E-state index contributed by atoms with van der Waals surface area (Å²) < 4.78 is 0. The van der Waals surface area contributed by atoms with Gasteiger partial charge in [0.05, 0.1) is 4.92 Å². The van der Waals surface area contributed by atoms with Crippen molar-refractivity contribution in [2.75, 3.05) is 49.5 Å². The normalized spacial score (nSPS) is 14.2. The molecular weight excluding hydrogens is 398 g/mol. The van der Waals surface area contributed by atoms with E-state index in [1.54, 1.807) is 6.92 Å². The van der Waals surface area contributed by atoms with E-state index >= 15 is 0 Å². The number of carbonyl (C=O) groups is 2. The van der Waals surface area contributed by atoms with Crippen LogP contribution in [0.4, 0.5) is 17.1 Å². The molecule has 2 amide bonds. The van der Waals surface area contributed by atoms with E-state index in [2.05, 4.69) is 32.6 Å². The highest BCUT2D eigenvalue weighted by Gasteiger charge is 2.18. The Bertz CT molecular complexity index is 927. The molecule has 2 aromatic carbocycles. The van der Waals surface area contributed by atoms with E-state index in [1.165, 1.54) is 23.9 Å². The van der Waals surface area contributed by atoms with Crippen molar-refractivity contribution in [1.29, 1.82) is 0 Å². The average molecular weight is 425 g/mol. The minimum Gasteiger partial charge on any atom is -0.369 e. The topological polar surface area (TPSA) is 108 Å². The van der Waals surface area contributed by atoms with Crippen LogP contribution in [0.15, 0.2) is 48.5 Å². The number of nitrogens with one attached hydrogen (secondary N) is 2. The van der Waals surface area contributed by atoms with E-state index in [9.17, 15) is 19.7 Å². The number of piperazine rings is 1. The fourth-order valence-electron chi connectivity index (χ4n) is 3.53. The Kier molecular flexibility index (Phi) is 7.55. The number of hydrogen-bond donors (Lipinski definition) is 2. The number of nitro groups is 1. The lowest BCUT2D eigenvalue weighted by Crippen LogP contribution is -2.47. The van der Waals surface area contributed by atoms with Gasteiger partial charge in [-0.15, -0.1) is 0 Å². The van der Waals surface area contributed by atoms with Gasteiger partial charge in [-0.2, -0.15) is 0 Å². The molecule has 9 heteroatoms. The van der Waals surface area contributed by atoms with E-state index in [4.69, 9.17) is 0 Å². The van der Waals surface area contributed by atoms with Crippen LogP contribution in [0.3, 0.4) is 0 Å². The molecule has 1 aliphatic heterocycles. The van der Waals surface area contributed by atoms with Crippen molar-refractivity contribution in [2.24, 2.45) is 0 Å². The van der Waals surface area contributed by atoms with Gasteiger partial charge in [0, 0.05) is 56.2 Å². The molecule has 1 saturated heterocycles. The molecule has 2 aromatic rings. The highest BCUT2D eigenvalue weighted by atomic mass is 16.6. The quantitative estimate of drug-likeness (QED) is 0.305. The molecule has 0 atom stereocenters. The number of anilines is 2. The minimum absolute atomic E-state index is 0.0652. The van der Waals surface area contributed by atoms with E-state index in [-0.39, 0.29) is 5.69 Å². The smallest absolute Gasteiger partial charge is 0.313 e. The highest BCUT2D eigenvalue weighted by molar-refractivity contribution is 6.39. The molecule has 0 aliphatic carbocycles. The summed E-state index contributed by atoms with van der Waals surface area (Å²) in [5.41, 5.74) is 2.07. The van der Waals surface area contributed by atoms with E-state index in [1.807, 2.05) is 18.2 Å². The van der Waals surface area contributed by atoms with Crippen molar-refractivity contribution in [1.82, 2.24) is 10.2 Å². The third-order valence-electron chi connectivity index (χ3n) is 5.31. The maximum absolute atomic E-state index is 12.1. The number of rotatable bonds is 7. The zero-order chi connectivity index (χ0) is 22.2. The molecule has 0 radical (unpaired) electrons. The zero-order valence-corrected chi connectivity index (χ0v) is 17.5. The van der Waals surface area contributed by atoms with Gasteiger partial charge in [0.15, 0.2) is 0 Å². The molecule has 1 aliphatic rings. The van der Waals surface area contributed by atoms with Gasteiger partial charge in [0.25, 0.3) is 5.69 Å². The van der Waals surface area contributed by atoms with Crippen molar-refractivity contribution < 1.29 is 14.5 Å². The Hall–Kier alpha value is -3.46. The number of nitro benzene ring substituents is 1. The summed E-state index contributed by atoms with van der Waals surface area (Å²) >= 11 is 0. The lowest BCUT2D eigenvalue weighted by atomic mass is 10.2. The Morgan fingerprint density at radius 1 is 1.03 bits per heavy atom. The van der Waals surface area contributed by atoms with Crippen LogP contribution in [0.2, 0.25) is 0 Å². The van der Waals surface area contributed by atoms with Crippen molar-refractivity contribution in [3.8, 4) is 0 Å². The molecule has 1 heterocycles. The maximum Gasteiger partial charge on any atom is 0.313 e. The SMILES string of the molecule is Cc1cc([N+](=O)[O-])ccc1NC(=O)C(=O)NCCCN1CCN(c2ccccc2)CC1. The lowest BCUT2D eigenvalue weighted by molar-refractivity contribution is -0.384. The number of nitrogens with zero attached hydrogens (tertiary/aromatic N) is 3. The van der Waals surface area contributed by atoms with Crippen molar-refractivity contribution in [3.05, 3.63) is 64.2 Å². The van der Waals surface area contributed by atoms with Gasteiger partial charge in [0.2, 0.25) is 0 Å². The first-order chi connectivity index (χ1) is 14.9. The van der Waals surface area contributed by atoms with Crippen LogP contribution in [-0.4, -0.2) is 60.9 Å². The molecule has 3 rings (SSSR count). The predicted molar refractivity (Wildman–Crippen MR) is 119 cm³/mol. The van der Waals surface area contributed by atoms with Crippen molar-refractivity contribution >= 4 is 28.9 Å². The summed E-state index contributed by atoms with van der Waals surface area (Å²) in [6.07, 6.45) is 0.751. The molecular formula is C22H27N5O4. The molecule has 9 nitrogen and oxygen atoms in total. The molecule has 164 valence electrons. The van der Waals surface area contributed by atoms with Gasteiger partial charge in [-0.05, 0) is 43.7 Å². The molecule has 31 heavy (non-hydrogen) atoms. The molecule has 1 fully saturated rings. The fourth-order valence-corrected chi connectivity index (χ4v) is 3.53. The number of aryl methyl sites for hydroxylation is 1. The summed E-state index contributed by atoms with van der Waals surface area (Å²) in [5, 5.41) is 15.9. The van der Waals surface area contributed by atoms with Crippen LogP contribution in [0.25, 0.3) is 0 Å². The van der Waals surface area contributed by atoms with E-state index < -0.39 is 16.7 Å². The summed E-state index contributed by atoms with van der Waals surface area (Å²) in [7, 11) is 0. The second kappa shape index (κ2) is 10.5. The summed E-state index contributed by atoms with van der Waals surface area (Å²) in [6, 6.07) is 14.4. The Labute approximate surface area is 181 Å². The first-order valence-corrected chi connectivity index (χ1v) is 10.3. The third kappa shape index (κ3) is 6.26. The van der Waals surface area contributed by atoms with Crippen LogP contribution in [0.1, 0.15) is 12.0 Å². The van der Waals surface area contributed by atoms with Gasteiger partial charge >= 0.3 is 11.8 Å². The fraction of sp³-hybridized carbons (Fsp3) is 0.364. The minimum atomic E-state index is -0.784. The maximum atomic E-state index is 12.1. The number of non-ortho nitro benzene ring substituents is 1.